The fourth-order valence-corrected chi connectivity index (χ4v) is 2.84. The molecule has 19 heavy (non-hydrogen) atoms. The minimum atomic E-state index is 0.0493. The lowest BCUT2D eigenvalue weighted by molar-refractivity contribution is 0.247. The van der Waals surface area contributed by atoms with Crippen LogP contribution in [0, 0.1) is 5.92 Å². The van der Waals surface area contributed by atoms with Crippen LogP contribution in [0.25, 0.3) is 0 Å². The molecule has 4 heteroatoms. The average molecular weight is 260 g/mol. The van der Waals surface area contributed by atoms with Crippen LogP contribution >= 0.6 is 0 Å². The Bertz CT molecular complexity index is 420. The van der Waals surface area contributed by atoms with Crippen molar-refractivity contribution in [3.05, 3.63) is 23.9 Å². The summed E-state index contributed by atoms with van der Waals surface area (Å²) in [6.07, 6.45) is 4.75. The smallest absolute Gasteiger partial charge is 0.133 e. The van der Waals surface area contributed by atoms with Crippen LogP contribution in [0.15, 0.2) is 18.3 Å². The summed E-state index contributed by atoms with van der Waals surface area (Å²) in [6.45, 7) is 7.80. The largest absolute Gasteiger partial charge is 0.354 e. The Hall–Kier alpha value is -1.13. The van der Waals surface area contributed by atoms with Crippen molar-refractivity contribution < 1.29 is 0 Å². The molecule has 1 aromatic rings. The summed E-state index contributed by atoms with van der Waals surface area (Å²) in [4.78, 5) is 9.54. The predicted octanol–water partition coefficient (Wildman–Crippen LogP) is 1.63. The first-order chi connectivity index (χ1) is 9.24. The number of anilines is 1. The molecule has 2 aliphatic rings. The number of nitrogens with two attached hydrogens (primary N) is 1. The third-order valence-corrected chi connectivity index (χ3v) is 4.19. The van der Waals surface area contributed by atoms with E-state index in [1.807, 2.05) is 19.2 Å². The van der Waals surface area contributed by atoms with Crippen LogP contribution in [-0.2, 0) is 0 Å². The highest BCUT2D eigenvalue weighted by Gasteiger charge is 2.27. The van der Waals surface area contributed by atoms with Gasteiger partial charge in [0.15, 0.2) is 0 Å². The summed E-state index contributed by atoms with van der Waals surface area (Å²) in [7, 11) is 0. The van der Waals surface area contributed by atoms with Gasteiger partial charge in [0.1, 0.15) is 5.82 Å². The number of pyridine rings is 1. The van der Waals surface area contributed by atoms with Crippen LogP contribution < -0.4 is 10.6 Å². The molecule has 1 aromatic heterocycles. The van der Waals surface area contributed by atoms with Crippen LogP contribution in [-0.4, -0.2) is 42.6 Å². The van der Waals surface area contributed by atoms with Gasteiger partial charge in [-0.3, -0.25) is 4.90 Å². The van der Waals surface area contributed by atoms with Crippen LogP contribution in [0.4, 0.5) is 5.82 Å². The highest BCUT2D eigenvalue weighted by atomic mass is 15.3. The monoisotopic (exact) mass is 260 g/mol. The maximum absolute atomic E-state index is 6.05. The summed E-state index contributed by atoms with van der Waals surface area (Å²) < 4.78 is 0. The summed E-state index contributed by atoms with van der Waals surface area (Å²) >= 11 is 0. The zero-order chi connectivity index (χ0) is 13.2. The van der Waals surface area contributed by atoms with Crippen molar-refractivity contribution in [1.82, 2.24) is 9.88 Å². The fourth-order valence-electron chi connectivity index (χ4n) is 2.84. The molecule has 0 bridgehead atoms. The van der Waals surface area contributed by atoms with Gasteiger partial charge in [0.25, 0.3) is 0 Å². The summed E-state index contributed by atoms with van der Waals surface area (Å²) in [5.41, 5.74) is 7.21. The van der Waals surface area contributed by atoms with Gasteiger partial charge in [0, 0.05) is 50.5 Å². The van der Waals surface area contributed by atoms with Gasteiger partial charge in [0.2, 0.25) is 0 Å². The second-order valence-corrected chi connectivity index (χ2v) is 5.94. The van der Waals surface area contributed by atoms with E-state index in [4.69, 9.17) is 5.73 Å². The van der Waals surface area contributed by atoms with E-state index in [1.54, 1.807) is 0 Å². The van der Waals surface area contributed by atoms with Gasteiger partial charge in [-0.1, -0.05) is 6.07 Å². The standard InChI is InChI=1S/C15H24N4/c1-12(16)14-3-2-6-17-15(14)19-9-7-18(8-10-19)11-13-4-5-13/h2-3,6,12-13H,4-5,7-11,16H2,1H3. The van der Waals surface area contributed by atoms with Gasteiger partial charge < -0.3 is 10.6 Å². The average Bonchev–Trinajstić information content (AvgIpc) is 3.23. The van der Waals surface area contributed by atoms with E-state index in [0.29, 0.717) is 0 Å². The van der Waals surface area contributed by atoms with E-state index in [0.717, 1.165) is 43.5 Å². The minimum Gasteiger partial charge on any atom is -0.354 e. The number of aromatic nitrogens is 1. The maximum Gasteiger partial charge on any atom is 0.133 e. The third kappa shape index (κ3) is 3.07. The molecule has 0 amide bonds. The second kappa shape index (κ2) is 5.47. The zero-order valence-corrected chi connectivity index (χ0v) is 11.8. The van der Waals surface area contributed by atoms with E-state index in [-0.39, 0.29) is 6.04 Å². The molecule has 4 nitrogen and oxygen atoms in total. The third-order valence-electron chi connectivity index (χ3n) is 4.19. The van der Waals surface area contributed by atoms with Gasteiger partial charge in [-0.05, 0) is 31.7 Å². The van der Waals surface area contributed by atoms with E-state index in [1.165, 1.54) is 19.4 Å². The lowest BCUT2D eigenvalue weighted by atomic mass is 10.1. The topological polar surface area (TPSA) is 45.4 Å². The molecular weight excluding hydrogens is 236 g/mol. The number of hydrogen-bond acceptors (Lipinski definition) is 4. The van der Waals surface area contributed by atoms with Crippen molar-refractivity contribution in [2.24, 2.45) is 11.7 Å². The molecule has 1 aliphatic carbocycles. The number of nitrogens with zero attached hydrogens (tertiary/aromatic N) is 3. The molecule has 1 aliphatic heterocycles. The Balaban J connectivity index is 1.64. The second-order valence-electron chi connectivity index (χ2n) is 5.94. The molecule has 2 N–H and O–H groups in total. The maximum atomic E-state index is 6.05. The predicted molar refractivity (Wildman–Crippen MR) is 78.2 cm³/mol. The van der Waals surface area contributed by atoms with Crippen molar-refractivity contribution >= 4 is 5.82 Å². The molecule has 3 rings (SSSR count). The molecule has 1 saturated heterocycles. The SMILES string of the molecule is CC(N)c1cccnc1N1CCN(CC2CC2)CC1. The summed E-state index contributed by atoms with van der Waals surface area (Å²) in [5, 5.41) is 0. The summed E-state index contributed by atoms with van der Waals surface area (Å²) in [5.74, 6) is 2.07. The van der Waals surface area contributed by atoms with E-state index >= 15 is 0 Å². The molecule has 1 atom stereocenters. The number of piperazine rings is 1. The number of rotatable bonds is 4. The Morgan fingerprint density at radius 3 is 2.68 bits per heavy atom. The van der Waals surface area contributed by atoms with Gasteiger partial charge >= 0.3 is 0 Å². The highest BCUT2D eigenvalue weighted by Crippen LogP contribution is 2.30. The first-order valence-corrected chi connectivity index (χ1v) is 7.42. The van der Waals surface area contributed by atoms with Crippen LogP contribution in [0.3, 0.4) is 0 Å². The summed E-state index contributed by atoms with van der Waals surface area (Å²) in [6, 6.07) is 4.13. The molecule has 0 spiro atoms. The molecular formula is C15H24N4. The van der Waals surface area contributed by atoms with Crippen LogP contribution in [0.5, 0.6) is 0 Å². The van der Waals surface area contributed by atoms with Crippen LogP contribution in [0.1, 0.15) is 31.4 Å². The Morgan fingerprint density at radius 2 is 2.05 bits per heavy atom. The van der Waals surface area contributed by atoms with E-state index in [9.17, 15) is 0 Å². The normalized spacial score (nSPS) is 22.5. The molecule has 0 aromatic carbocycles. The van der Waals surface area contributed by atoms with Gasteiger partial charge in [0.05, 0.1) is 0 Å². The van der Waals surface area contributed by atoms with E-state index in [2.05, 4.69) is 20.9 Å². The van der Waals surface area contributed by atoms with Crippen molar-refractivity contribution in [3.8, 4) is 0 Å². The first-order valence-electron chi connectivity index (χ1n) is 7.42. The Morgan fingerprint density at radius 1 is 1.32 bits per heavy atom. The lowest BCUT2D eigenvalue weighted by Crippen LogP contribution is -2.47. The van der Waals surface area contributed by atoms with Gasteiger partial charge in [-0.15, -0.1) is 0 Å². The number of hydrogen-bond donors (Lipinski definition) is 1. The van der Waals surface area contributed by atoms with Crippen molar-refractivity contribution in [3.63, 3.8) is 0 Å². The van der Waals surface area contributed by atoms with Crippen molar-refractivity contribution in [2.45, 2.75) is 25.8 Å². The Labute approximate surface area is 115 Å². The molecule has 2 fully saturated rings. The molecule has 104 valence electrons. The van der Waals surface area contributed by atoms with Gasteiger partial charge in [-0.2, -0.15) is 0 Å². The first kappa shape index (κ1) is 12.9. The van der Waals surface area contributed by atoms with Crippen LogP contribution in [0.2, 0.25) is 0 Å². The fraction of sp³-hybridized carbons (Fsp3) is 0.667. The van der Waals surface area contributed by atoms with E-state index < -0.39 is 0 Å². The van der Waals surface area contributed by atoms with Gasteiger partial charge in [-0.25, -0.2) is 4.98 Å². The zero-order valence-electron chi connectivity index (χ0n) is 11.8. The lowest BCUT2D eigenvalue weighted by Gasteiger charge is -2.36. The van der Waals surface area contributed by atoms with Crippen molar-refractivity contribution in [1.29, 1.82) is 0 Å². The Kier molecular flexibility index (Phi) is 3.71. The quantitative estimate of drug-likeness (QED) is 0.894. The molecule has 1 saturated carbocycles. The van der Waals surface area contributed by atoms with Crippen molar-refractivity contribution in [2.75, 3.05) is 37.6 Å². The minimum absolute atomic E-state index is 0.0493. The molecule has 0 radical (unpaired) electrons. The molecule has 2 heterocycles. The highest BCUT2D eigenvalue weighted by molar-refractivity contribution is 5.48. The molecule has 1 unspecified atom stereocenters.